The van der Waals surface area contributed by atoms with Crippen molar-refractivity contribution < 1.29 is 4.79 Å². The summed E-state index contributed by atoms with van der Waals surface area (Å²) < 4.78 is 3.08. The predicted octanol–water partition coefficient (Wildman–Crippen LogP) is 5.71. The first-order valence-corrected chi connectivity index (χ1v) is 10.6. The van der Waals surface area contributed by atoms with Gasteiger partial charge in [0.25, 0.3) is 0 Å². The number of benzene rings is 2. The summed E-state index contributed by atoms with van der Waals surface area (Å²) in [4.78, 5) is 12.3. The number of pyridine rings is 1. The fourth-order valence-electron chi connectivity index (χ4n) is 3.14. The fraction of sp³-hybridized carbons (Fsp3) is 0.190. The Morgan fingerprint density at radius 2 is 1.89 bits per heavy atom. The number of carbonyl (C=O) groups is 1. The molecule has 4 aromatic rings. The van der Waals surface area contributed by atoms with Gasteiger partial charge >= 0.3 is 0 Å². The number of ketones is 1. The number of halogens is 1. The normalized spacial score (nSPS) is 11.3. The lowest BCUT2D eigenvalue weighted by Crippen LogP contribution is -2.00. The van der Waals surface area contributed by atoms with Crippen molar-refractivity contribution in [2.75, 3.05) is 5.75 Å². The summed E-state index contributed by atoms with van der Waals surface area (Å²) in [6.07, 6.45) is 1.34. The van der Waals surface area contributed by atoms with Crippen molar-refractivity contribution in [3.8, 4) is 0 Å². The third-order valence-electron chi connectivity index (χ3n) is 4.52. The Labute approximate surface area is 170 Å². The van der Waals surface area contributed by atoms with Gasteiger partial charge in [0.15, 0.2) is 16.6 Å². The lowest BCUT2D eigenvalue weighted by Gasteiger charge is -2.07. The molecule has 27 heavy (non-hydrogen) atoms. The van der Waals surface area contributed by atoms with Gasteiger partial charge in [-0.2, -0.15) is 0 Å². The zero-order valence-corrected chi connectivity index (χ0v) is 17.3. The van der Waals surface area contributed by atoms with Crippen molar-refractivity contribution >= 4 is 50.0 Å². The minimum atomic E-state index is 0.176. The molecule has 4 rings (SSSR count). The zero-order chi connectivity index (χ0) is 18.8. The Morgan fingerprint density at radius 3 is 2.70 bits per heavy atom. The van der Waals surface area contributed by atoms with Crippen LogP contribution in [0.3, 0.4) is 0 Å². The van der Waals surface area contributed by atoms with E-state index >= 15 is 0 Å². The number of hydrogen-bond acceptors (Lipinski definition) is 4. The van der Waals surface area contributed by atoms with Crippen LogP contribution < -0.4 is 0 Å². The van der Waals surface area contributed by atoms with Crippen molar-refractivity contribution in [3.05, 3.63) is 70.2 Å². The second kappa shape index (κ2) is 7.82. The Hall–Kier alpha value is -2.18. The van der Waals surface area contributed by atoms with E-state index in [2.05, 4.69) is 55.7 Å². The van der Waals surface area contributed by atoms with E-state index in [9.17, 15) is 4.79 Å². The van der Waals surface area contributed by atoms with Crippen molar-refractivity contribution in [2.24, 2.45) is 0 Å². The van der Waals surface area contributed by atoms with E-state index in [-0.39, 0.29) is 5.78 Å². The molecule has 0 fully saturated rings. The average molecular weight is 440 g/mol. The van der Waals surface area contributed by atoms with Crippen LogP contribution in [-0.4, -0.2) is 26.1 Å². The largest absolute Gasteiger partial charge is 0.294 e. The van der Waals surface area contributed by atoms with Gasteiger partial charge in [0.2, 0.25) is 0 Å². The third kappa shape index (κ3) is 3.77. The fourth-order valence-corrected chi connectivity index (χ4v) is 4.30. The molecule has 2 aromatic carbocycles. The minimum absolute atomic E-state index is 0.176. The summed E-state index contributed by atoms with van der Waals surface area (Å²) >= 11 is 5.04. The number of thioether (sulfide) groups is 1. The number of para-hydroxylation sites is 1. The molecular weight excluding hydrogens is 422 g/mol. The molecule has 0 amide bonds. The number of aryl methyl sites for hydroxylation is 1. The van der Waals surface area contributed by atoms with E-state index in [4.69, 9.17) is 0 Å². The molecule has 136 valence electrons. The van der Waals surface area contributed by atoms with Crippen LogP contribution in [0, 0.1) is 6.92 Å². The third-order valence-corrected chi connectivity index (χ3v) is 6.06. The molecule has 0 saturated carbocycles. The molecule has 0 bridgehead atoms. The molecule has 0 unspecified atom stereocenters. The van der Waals surface area contributed by atoms with Crippen LogP contribution in [0.15, 0.2) is 64.2 Å². The van der Waals surface area contributed by atoms with Crippen LogP contribution in [0.25, 0.3) is 16.6 Å². The quantitative estimate of drug-likeness (QED) is 0.219. The Kier molecular flexibility index (Phi) is 5.27. The lowest BCUT2D eigenvalue weighted by atomic mass is 10.1. The number of Topliss-reactive ketones (excluding diaryl/α,β-unsaturated/α-hetero) is 1. The topological polar surface area (TPSA) is 47.3 Å². The molecule has 0 aliphatic heterocycles. The van der Waals surface area contributed by atoms with Crippen LogP contribution in [0.5, 0.6) is 0 Å². The molecule has 0 aliphatic carbocycles. The van der Waals surface area contributed by atoms with E-state index < -0.39 is 0 Å². The number of nitrogens with zero attached hydrogens (tertiary/aromatic N) is 3. The van der Waals surface area contributed by atoms with Gasteiger partial charge in [0, 0.05) is 27.6 Å². The molecule has 2 aromatic heterocycles. The molecule has 2 heterocycles. The molecule has 0 radical (unpaired) electrons. The lowest BCUT2D eigenvalue weighted by molar-refractivity contribution is 0.0982. The van der Waals surface area contributed by atoms with Crippen molar-refractivity contribution in [3.63, 3.8) is 0 Å². The van der Waals surface area contributed by atoms with E-state index in [1.54, 1.807) is 11.8 Å². The SMILES string of the molecule is Cc1cc2nnc(SCCCC(=O)c3ccc(Br)cc3)n2c2ccccc12. The molecule has 0 atom stereocenters. The van der Waals surface area contributed by atoms with E-state index in [0.29, 0.717) is 6.42 Å². The van der Waals surface area contributed by atoms with Crippen LogP contribution in [0.4, 0.5) is 0 Å². The second-order valence-electron chi connectivity index (χ2n) is 6.40. The predicted molar refractivity (Wildman–Crippen MR) is 114 cm³/mol. The highest BCUT2D eigenvalue weighted by Gasteiger charge is 2.12. The maximum atomic E-state index is 12.3. The highest BCUT2D eigenvalue weighted by Crippen LogP contribution is 2.26. The summed E-state index contributed by atoms with van der Waals surface area (Å²) in [5, 5.41) is 10.8. The van der Waals surface area contributed by atoms with Gasteiger partial charge in [-0.25, -0.2) is 0 Å². The van der Waals surface area contributed by atoms with Gasteiger partial charge < -0.3 is 0 Å². The summed E-state index contributed by atoms with van der Waals surface area (Å²) in [7, 11) is 0. The minimum Gasteiger partial charge on any atom is -0.294 e. The first kappa shape index (κ1) is 18.2. The first-order valence-electron chi connectivity index (χ1n) is 8.78. The zero-order valence-electron chi connectivity index (χ0n) is 14.9. The smallest absolute Gasteiger partial charge is 0.196 e. The molecular formula is C21H18BrN3OS. The number of aromatic nitrogens is 3. The van der Waals surface area contributed by atoms with Crippen LogP contribution in [-0.2, 0) is 0 Å². The summed E-state index contributed by atoms with van der Waals surface area (Å²) in [5.41, 5.74) is 3.94. The standard InChI is InChI=1S/C21H18BrN3OS/c1-14-13-20-23-24-21(25(20)18-6-3-2-5-17(14)18)27-12-4-7-19(26)15-8-10-16(22)11-9-15/h2-3,5-6,8-11,13H,4,7,12H2,1H3. The van der Waals surface area contributed by atoms with Gasteiger partial charge in [0.1, 0.15) is 0 Å². The van der Waals surface area contributed by atoms with Crippen LogP contribution >= 0.6 is 27.7 Å². The summed E-state index contributed by atoms with van der Waals surface area (Å²) in [5.74, 6) is 1.00. The Morgan fingerprint density at radius 1 is 1.11 bits per heavy atom. The summed E-state index contributed by atoms with van der Waals surface area (Å²) in [6.45, 7) is 2.09. The monoisotopic (exact) mass is 439 g/mol. The maximum Gasteiger partial charge on any atom is 0.196 e. The van der Waals surface area contributed by atoms with Crippen molar-refractivity contribution in [2.45, 2.75) is 24.9 Å². The van der Waals surface area contributed by atoms with Gasteiger partial charge in [-0.3, -0.25) is 9.20 Å². The van der Waals surface area contributed by atoms with Crippen molar-refractivity contribution in [1.82, 2.24) is 14.6 Å². The Balaban J connectivity index is 1.46. The molecule has 6 heteroatoms. The van der Waals surface area contributed by atoms with Gasteiger partial charge in [0.05, 0.1) is 5.52 Å². The van der Waals surface area contributed by atoms with E-state index in [0.717, 1.165) is 38.5 Å². The number of rotatable bonds is 6. The maximum absolute atomic E-state index is 12.3. The van der Waals surface area contributed by atoms with Crippen LogP contribution in [0.2, 0.25) is 0 Å². The molecule has 0 N–H and O–H groups in total. The van der Waals surface area contributed by atoms with Gasteiger partial charge in [-0.05, 0) is 43.2 Å². The highest BCUT2D eigenvalue weighted by atomic mass is 79.9. The van der Waals surface area contributed by atoms with Gasteiger partial charge in [-0.15, -0.1) is 10.2 Å². The molecule has 0 spiro atoms. The molecule has 0 aliphatic rings. The Bertz CT molecular complexity index is 1120. The number of fused-ring (bicyclic) bond motifs is 3. The highest BCUT2D eigenvalue weighted by molar-refractivity contribution is 9.10. The summed E-state index contributed by atoms with van der Waals surface area (Å²) in [6, 6.07) is 17.9. The molecule has 0 saturated heterocycles. The average Bonchev–Trinajstić information content (AvgIpc) is 3.08. The molecule has 4 nitrogen and oxygen atoms in total. The first-order chi connectivity index (χ1) is 13.1. The van der Waals surface area contributed by atoms with E-state index in [1.807, 2.05) is 36.4 Å². The van der Waals surface area contributed by atoms with E-state index in [1.165, 1.54) is 10.9 Å². The number of carbonyl (C=O) groups excluding carboxylic acids is 1. The second-order valence-corrected chi connectivity index (χ2v) is 8.38. The number of hydrogen-bond donors (Lipinski definition) is 0. The van der Waals surface area contributed by atoms with Crippen molar-refractivity contribution in [1.29, 1.82) is 0 Å². The van der Waals surface area contributed by atoms with Crippen LogP contribution in [0.1, 0.15) is 28.8 Å². The van der Waals surface area contributed by atoms with Gasteiger partial charge in [-0.1, -0.05) is 58.0 Å².